The molecule has 154 valence electrons. The zero-order valence-corrected chi connectivity index (χ0v) is 16.3. The minimum absolute atomic E-state index is 0. The molecular formula is C18H16Cl2F2N4O3. The Morgan fingerprint density at radius 2 is 2.03 bits per heavy atom. The normalized spacial score (nSPS) is 11.6. The van der Waals surface area contributed by atoms with Crippen molar-refractivity contribution in [1.82, 2.24) is 14.8 Å². The van der Waals surface area contributed by atoms with Gasteiger partial charge in [-0.1, -0.05) is 11.6 Å². The predicted octanol–water partition coefficient (Wildman–Crippen LogP) is 3.76. The van der Waals surface area contributed by atoms with E-state index in [-0.39, 0.29) is 47.6 Å². The van der Waals surface area contributed by atoms with Gasteiger partial charge in [0.05, 0.1) is 17.6 Å². The van der Waals surface area contributed by atoms with Crippen molar-refractivity contribution in [1.29, 1.82) is 0 Å². The molecule has 0 spiro atoms. The SMILES string of the molecule is Cl.NC(CC(=O)O)Cc1cnn(-c2ccc(Oc3ncc(Cl)cc3F)cc2F)c1. The fourth-order valence-electron chi connectivity index (χ4n) is 2.52. The third-order valence-electron chi connectivity index (χ3n) is 3.73. The van der Waals surface area contributed by atoms with Gasteiger partial charge in [-0.3, -0.25) is 4.79 Å². The molecule has 0 fully saturated rings. The number of pyridine rings is 1. The van der Waals surface area contributed by atoms with Gasteiger partial charge in [-0.15, -0.1) is 12.4 Å². The highest BCUT2D eigenvalue weighted by atomic mass is 35.5. The number of aliphatic carboxylic acids is 1. The largest absolute Gasteiger partial charge is 0.481 e. The summed E-state index contributed by atoms with van der Waals surface area (Å²) in [6, 6.07) is 4.38. The highest BCUT2D eigenvalue weighted by Gasteiger charge is 2.14. The summed E-state index contributed by atoms with van der Waals surface area (Å²) in [4.78, 5) is 14.4. The molecule has 29 heavy (non-hydrogen) atoms. The van der Waals surface area contributed by atoms with E-state index in [1.807, 2.05) is 0 Å². The molecular weight excluding hydrogens is 429 g/mol. The van der Waals surface area contributed by atoms with Crippen LogP contribution < -0.4 is 10.5 Å². The lowest BCUT2D eigenvalue weighted by atomic mass is 10.1. The van der Waals surface area contributed by atoms with Gasteiger partial charge in [0.15, 0.2) is 11.6 Å². The smallest absolute Gasteiger partial charge is 0.304 e. The number of benzene rings is 1. The van der Waals surface area contributed by atoms with Gasteiger partial charge in [-0.2, -0.15) is 5.10 Å². The Labute approximate surface area is 175 Å². The summed E-state index contributed by atoms with van der Waals surface area (Å²) in [5.41, 5.74) is 6.55. The van der Waals surface area contributed by atoms with Crippen molar-refractivity contribution in [3.8, 4) is 17.3 Å². The lowest BCUT2D eigenvalue weighted by molar-refractivity contribution is -0.137. The first kappa shape index (κ1) is 22.5. The third kappa shape index (κ3) is 5.86. The van der Waals surface area contributed by atoms with Crippen LogP contribution in [0.3, 0.4) is 0 Å². The van der Waals surface area contributed by atoms with Crippen molar-refractivity contribution in [2.24, 2.45) is 5.73 Å². The summed E-state index contributed by atoms with van der Waals surface area (Å²) in [5, 5.41) is 12.9. The molecule has 0 aliphatic carbocycles. The van der Waals surface area contributed by atoms with Crippen LogP contribution in [0.4, 0.5) is 8.78 Å². The van der Waals surface area contributed by atoms with Gasteiger partial charge >= 0.3 is 5.97 Å². The van der Waals surface area contributed by atoms with Crippen LogP contribution in [0, 0.1) is 11.6 Å². The molecule has 11 heteroatoms. The predicted molar refractivity (Wildman–Crippen MR) is 104 cm³/mol. The van der Waals surface area contributed by atoms with Crippen LogP contribution in [0.2, 0.25) is 5.02 Å². The maximum Gasteiger partial charge on any atom is 0.304 e. The second kappa shape index (κ2) is 9.64. The topological polar surface area (TPSA) is 103 Å². The zero-order chi connectivity index (χ0) is 20.3. The van der Waals surface area contributed by atoms with Crippen LogP contribution in [0.5, 0.6) is 11.6 Å². The average Bonchev–Trinajstić information content (AvgIpc) is 3.04. The van der Waals surface area contributed by atoms with Gasteiger partial charge in [0.1, 0.15) is 11.4 Å². The first-order valence-corrected chi connectivity index (χ1v) is 8.49. The molecule has 1 aromatic carbocycles. The molecule has 2 aromatic heterocycles. The van der Waals surface area contributed by atoms with E-state index in [2.05, 4.69) is 10.1 Å². The van der Waals surface area contributed by atoms with E-state index in [1.165, 1.54) is 29.2 Å². The number of carboxylic acids is 1. The number of carboxylic acid groups (broad SMARTS) is 1. The Bertz CT molecular complexity index is 1020. The van der Waals surface area contributed by atoms with Crippen molar-refractivity contribution in [3.05, 3.63) is 65.1 Å². The maximum absolute atomic E-state index is 14.5. The Balaban J connectivity index is 0.00000300. The van der Waals surface area contributed by atoms with Crippen molar-refractivity contribution < 1.29 is 23.4 Å². The van der Waals surface area contributed by atoms with Crippen LogP contribution in [0.15, 0.2) is 42.9 Å². The fourth-order valence-corrected chi connectivity index (χ4v) is 2.67. The molecule has 1 atom stereocenters. The number of nitrogens with zero attached hydrogens (tertiary/aromatic N) is 3. The number of nitrogens with two attached hydrogens (primary N) is 1. The quantitative estimate of drug-likeness (QED) is 0.574. The number of aromatic nitrogens is 3. The lowest BCUT2D eigenvalue weighted by Crippen LogP contribution is -2.25. The maximum atomic E-state index is 14.5. The van der Waals surface area contributed by atoms with Crippen molar-refractivity contribution in [2.45, 2.75) is 18.9 Å². The van der Waals surface area contributed by atoms with E-state index in [0.717, 1.165) is 12.1 Å². The number of rotatable bonds is 7. The van der Waals surface area contributed by atoms with E-state index >= 15 is 0 Å². The van der Waals surface area contributed by atoms with Gasteiger partial charge in [0.2, 0.25) is 0 Å². The first-order valence-electron chi connectivity index (χ1n) is 8.11. The summed E-state index contributed by atoms with van der Waals surface area (Å²) in [5.74, 6) is -2.70. The first-order chi connectivity index (χ1) is 13.3. The summed E-state index contributed by atoms with van der Waals surface area (Å²) in [6.07, 6.45) is 4.36. The highest BCUT2D eigenvalue weighted by Crippen LogP contribution is 2.26. The number of ether oxygens (including phenoxy) is 1. The van der Waals surface area contributed by atoms with E-state index in [1.54, 1.807) is 6.20 Å². The Kier molecular flexibility index (Phi) is 7.49. The molecule has 0 aliphatic rings. The molecule has 3 aromatic rings. The molecule has 7 nitrogen and oxygen atoms in total. The van der Waals surface area contributed by atoms with Crippen LogP contribution in [-0.4, -0.2) is 31.9 Å². The number of carbonyl (C=O) groups is 1. The lowest BCUT2D eigenvalue weighted by Gasteiger charge is -2.08. The van der Waals surface area contributed by atoms with E-state index < -0.39 is 23.6 Å². The molecule has 3 rings (SSSR count). The fraction of sp³-hybridized carbons (Fsp3) is 0.167. The number of hydrogen-bond acceptors (Lipinski definition) is 5. The Hall–Kier alpha value is -2.75. The van der Waals surface area contributed by atoms with Gasteiger partial charge < -0.3 is 15.6 Å². The Morgan fingerprint density at radius 3 is 2.69 bits per heavy atom. The van der Waals surface area contributed by atoms with Crippen LogP contribution >= 0.6 is 24.0 Å². The van der Waals surface area contributed by atoms with Crippen molar-refractivity contribution >= 4 is 30.0 Å². The van der Waals surface area contributed by atoms with Crippen molar-refractivity contribution in [3.63, 3.8) is 0 Å². The third-order valence-corrected chi connectivity index (χ3v) is 3.93. The molecule has 0 saturated carbocycles. The molecule has 0 amide bonds. The van der Waals surface area contributed by atoms with Crippen LogP contribution in [-0.2, 0) is 11.2 Å². The molecule has 3 N–H and O–H groups in total. The van der Waals surface area contributed by atoms with Gasteiger partial charge in [-0.25, -0.2) is 18.4 Å². The van der Waals surface area contributed by atoms with Crippen LogP contribution in [0.1, 0.15) is 12.0 Å². The van der Waals surface area contributed by atoms with Gasteiger partial charge in [-0.05, 0) is 30.2 Å². The molecule has 1 unspecified atom stereocenters. The molecule has 0 saturated heterocycles. The summed E-state index contributed by atoms with van der Waals surface area (Å²) >= 11 is 5.63. The van der Waals surface area contributed by atoms with Crippen molar-refractivity contribution in [2.75, 3.05) is 0 Å². The average molecular weight is 445 g/mol. The van der Waals surface area contributed by atoms with Crippen LogP contribution in [0.25, 0.3) is 5.69 Å². The number of halogens is 4. The number of hydrogen-bond donors (Lipinski definition) is 2. The molecule has 0 bridgehead atoms. The van der Waals surface area contributed by atoms with Gasteiger partial charge in [0.25, 0.3) is 5.88 Å². The summed E-state index contributed by atoms with van der Waals surface area (Å²) < 4.78 is 34.7. The molecule has 0 radical (unpaired) electrons. The highest BCUT2D eigenvalue weighted by molar-refractivity contribution is 6.30. The zero-order valence-electron chi connectivity index (χ0n) is 14.8. The second-order valence-corrected chi connectivity index (χ2v) is 6.45. The molecule has 0 aliphatic heterocycles. The summed E-state index contributed by atoms with van der Waals surface area (Å²) in [7, 11) is 0. The standard InChI is InChI=1S/C18H15ClF2N4O3.ClH/c19-11-4-15(21)18(23-8-11)28-13-1-2-16(14(20)6-13)25-9-10(7-24-25)3-12(22)5-17(26)27;/h1-2,4,6-9,12H,3,5,22H2,(H,26,27);1H. The monoisotopic (exact) mass is 444 g/mol. The van der Waals surface area contributed by atoms with E-state index in [4.69, 9.17) is 27.2 Å². The second-order valence-electron chi connectivity index (χ2n) is 6.01. The van der Waals surface area contributed by atoms with E-state index in [0.29, 0.717) is 5.56 Å². The van der Waals surface area contributed by atoms with E-state index in [9.17, 15) is 13.6 Å². The summed E-state index contributed by atoms with van der Waals surface area (Å²) in [6.45, 7) is 0. The minimum atomic E-state index is -0.992. The minimum Gasteiger partial charge on any atom is -0.481 e. The molecule has 2 heterocycles. The van der Waals surface area contributed by atoms with Gasteiger partial charge in [0, 0.05) is 24.5 Å². The Morgan fingerprint density at radius 1 is 1.28 bits per heavy atom.